The monoisotopic (exact) mass is 352 g/mol. The SMILES string of the molecule is Cc1csc(-c2cc([C@@H]3CCCCN3S(C)(=O)=O)nc(C)n2)n1. The Kier molecular flexibility index (Phi) is 4.48. The number of hydrogen-bond donors (Lipinski definition) is 0. The van der Waals surface area contributed by atoms with Crippen LogP contribution in [0.15, 0.2) is 11.4 Å². The second-order valence-corrected chi connectivity index (χ2v) is 8.70. The number of thiazole rings is 1. The molecule has 6 nitrogen and oxygen atoms in total. The first kappa shape index (κ1) is 16.5. The Bertz CT molecular complexity index is 817. The van der Waals surface area contributed by atoms with Gasteiger partial charge in [0, 0.05) is 17.6 Å². The first-order valence-corrected chi connectivity index (χ1v) is 10.3. The molecule has 0 unspecified atom stereocenters. The van der Waals surface area contributed by atoms with Gasteiger partial charge >= 0.3 is 0 Å². The van der Waals surface area contributed by atoms with Crippen molar-refractivity contribution in [3.63, 3.8) is 0 Å². The number of rotatable bonds is 3. The molecule has 2 aromatic rings. The molecule has 0 aliphatic carbocycles. The summed E-state index contributed by atoms with van der Waals surface area (Å²) in [7, 11) is -3.25. The van der Waals surface area contributed by atoms with Crippen molar-refractivity contribution in [3.8, 4) is 10.7 Å². The van der Waals surface area contributed by atoms with E-state index < -0.39 is 10.0 Å². The van der Waals surface area contributed by atoms with E-state index in [0.29, 0.717) is 12.4 Å². The fourth-order valence-corrected chi connectivity index (χ4v) is 4.83. The minimum atomic E-state index is -3.25. The number of piperidine rings is 1. The fraction of sp³-hybridized carbons (Fsp3) is 0.533. The van der Waals surface area contributed by atoms with Gasteiger partial charge in [-0.05, 0) is 32.8 Å². The minimum absolute atomic E-state index is 0.208. The van der Waals surface area contributed by atoms with Gasteiger partial charge in [0.15, 0.2) is 0 Å². The Balaban J connectivity index is 2.03. The Morgan fingerprint density at radius 2 is 2.00 bits per heavy atom. The third-order valence-corrected chi connectivity index (χ3v) is 6.19. The van der Waals surface area contributed by atoms with Crippen LogP contribution in [0.3, 0.4) is 0 Å². The molecule has 0 radical (unpaired) electrons. The van der Waals surface area contributed by atoms with Gasteiger partial charge in [-0.15, -0.1) is 11.3 Å². The molecule has 0 bridgehead atoms. The maximum absolute atomic E-state index is 12.1. The third kappa shape index (κ3) is 3.59. The van der Waals surface area contributed by atoms with Crippen molar-refractivity contribution in [1.82, 2.24) is 19.3 Å². The summed E-state index contributed by atoms with van der Waals surface area (Å²) in [6.07, 6.45) is 3.96. The standard InChI is InChI=1S/C15H20N4O2S2/c1-10-9-22-15(16-10)13-8-12(17-11(2)18-13)14-6-4-5-7-19(14)23(3,20)21/h8-9,14H,4-7H2,1-3H3/t14-/m0/s1. The number of aromatic nitrogens is 3. The lowest BCUT2D eigenvalue weighted by atomic mass is 10.0. The number of aryl methyl sites for hydroxylation is 2. The zero-order chi connectivity index (χ0) is 16.6. The van der Waals surface area contributed by atoms with E-state index in [1.165, 1.54) is 17.6 Å². The summed E-state index contributed by atoms with van der Waals surface area (Å²) in [6.45, 7) is 4.33. The molecule has 0 amide bonds. The molecule has 1 atom stereocenters. The van der Waals surface area contributed by atoms with Crippen molar-refractivity contribution in [2.45, 2.75) is 39.2 Å². The largest absolute Gasteiger partial charge is 0.240 e. The van der Waals surface area contributed by atoms with Gasteiger partial charge in [-0.25, -0.2) is 23.4 Å². The molecule has 23 heavy (non-hydrogen) atoms. The van der Waals surface area contributed by atoms with E-state index in [4.69, 9.17) is 0 Å². The Labute approximate surface area is 140 Å². The van der Waals surface area contributed by atoms with E-state index >= 15 is 0 Å². The Morgan fingerprint density at radius 3 is 2.65 bits per heavy atom. The maximum Gasteiger partial charge on any atom is 0.211 e. The summed E-state index contributed by atoms with van der Waals surface area (Å²) in [5.41, 5.74) is 2.49. The first-order chi connectivity index (χ1) is 10.8. The Morgan fingerprint density at radius 1 is 1.22 bits per heavy atom. The second kappa shape index (κ2) is 6.26. The van der Waals surface area contributed by atoms with Crippen LogP contribution < -0.4 is 0 Å². The molecule has 8 heteroatoms. The molecule has 1 fully saturated rings. The van der Waals surface area contributed by atoms with E-state index in [1.54, 1.807) is 4.31 Å². The predicted octanol–water partition coefficient (Wildman–Crippen LogP) is 2.70. The molecule has 0 spiro atoms. The fourth-order valence-electron chi connectivity index (χ4n) is 2.94. The highest BCUT2D eigenvalue weighted by atomic mass is 32.2. The minimum Gasteiger partial charge on any atom is -0.240 e. The van der Waals surface area contributed by atoms with E-state index in [-0.39, 0.29) is 6.04 Å². The van der Waals surface area contributed by atoms with Crippen LogP contribution in [0.25, 0.3) is 10.7 Å². The van der Waals surface area contributed by atoms with Crippen molar-refractivity contribution < 1.29 is 8.42 Å². The zero-order valence-corrected chi connectivity index (χ0v) is 15.1. The van der Waals surface area contributed by atoms with E-state index in [1.807, 2.05) is 25.3 Å². The summed E-state index contributed by atoms with van der Waals surface area (Å²) in [6, 6.07) is 1.68. The smallest absolute Gasteiger partial charge is 0.211 e. The van der Waals surface area contributed by atoms with Crippen LogP contribution in [-0.2, 0) is 10.0 Å². The highest BCUT2D eigenvalue weighted by molar-refractivity contribution is 7.88. The van der Waals surface area contributed by atoms with Gasteiger partial charge in [0.2, 0.25) is 10.0 Å². The molecule has 1 aliphatic heterocycles. The summed E-state index contributed by atoms with van der Waals surface area (Å²) >= 11 is 1.54. The molecular formula is C15H20N4O2S2. The summed E-state index contributed by atoms with van der Waals surface area (Å²) in [5, 5.41) is 2.83. The molecule has 124 valence electrons. The summed E-state index contributed by atoms with van der Waals surface area (Å²) in [5.74, 6) is 0.643. The van der Waals surface area contributed by atoms with Gasteiger partial charge in [-0.2, -0.15) is 4.31 Å². The highest BCUT2D eigenvalue weighted by Gasteiger charge is 2.32. The van der Waals surface area contributed by atoms with Crippen molar-refractivity contribution in [2.24, 2.45) is 0 Å². The second-order valence-electron chi connectivity index (χ2n) is 5.90. The van der Waals surface area contributed by atoms with Gasteiger partial charge in [-0.1, -0.05) is 6.42 Å². The van der Waals surface area contributed by atoms with Gasteiger partial charge < -0.3 is 0 Å². The van der Waals surface area contributed by atoms with Crippen LogP contribution in [0.4, 0.5) is 0 Å². The third-order valence-electron chi connectivity index (χ3n) is 3.92. The zero-order valence-electron chi connectivity index (χ0n) is 13.5. The molecule has 2 aromatic heterocycles. The topological polar surface area (TPSA) is 76.1 Å². The molecule has 1 aliphatic rings. The lowest BCUT2D eigenvalue weighted by Crippen LogP contribution is -2.38. The lowest BCUT2D eigenvalue weighted by molar-refractivity contribution is 0.252. The maximum atomic E-state index is 12.1. The molecule has 0 N–H and O–H groups in total. The molecule has 1 saturated heterocycles. The van der Waals surface area contributed by atoms with Crippen LogP contribution in [-0.4, -0.2) is 40.5 Å². The van der Waals surface area contributed by atoms with E-state index in [9.17, 15) is 8.42 Å². The lowest BCUT2D eigenvalue weighted by Gasteiger charge is -2.33. The first-order valence-electron chi connectivity index (χ1n) is 7.59. The molecule has 3 rings (SSSR count). The summed E-state index contributed by atoms with van der Waals surface area (Å²) < 4.78 is 25.7. The van der Waals surface area contributed by atoms with E-state index in [2.05, 4.69) is 15.0 Å². The highest BCUT2D eigenvalue weighted by Crippen LogP contribution is 2.33. The summed E-state index contributed by atoms with van der Waals surface area (Å²) in [4.78, 5) is 13.5. The quantitative estimate of drug-likeness (QED) is 0.849. The van der Waals surface area contributed by atoms with Gasteiger partial charge in [0.1, 0.15) is 16.5 Å². The molecular weight excluding hydrogens is 332 g/mol. The van der Waals surface area contributed by atoms with Crippen molar-refractivity contribution in [3.05, 3.63) is 28.7 Å². The number of nitrogens with zero attached hydrogens (tertiary/aromatic N) is 4. The number of sulfonamides is 1. The average molecular weight is 352 g/mol. The number of hydrogen-bond acceptors (Lipinski definition) is 6. The van der Waals surface area contributed by atoms with Crippen LogP contribution in [0.5, 0.6) is 0 Å². The van der Waals surface area contributed by atoms with Crippen LogP contribution in [0.2, 0.25) is 0 Å². The van der Waals surface area contributed by atoms with Gasteiger partial charge in [0.25, 0.3) is 0 Å². The Hall–Kier alpha value is -1.38. The van der Waals surface area contributed by atoms with Crippen LogP contribution in [0.1, 0.15) is 42.5 Å². The van der Waals surface area contributed by atoms with Crippen molar-refractivity contribution in [2.75, 3.05) is 12.8 Å². The van der Waals surface area contributed by atoms with Crippen molar-refractivity contribution >= 4 is 21.4 Å². The van der Waals surface area contributed by atoms with Gasteiger partial charge in [-0.3, -0.25) is 0 Å². The van der Waals surface area contributed by atoms with Crippen LogP contribution >= 0.6 is 11.3 Å². The predicted molar refractivity (Wildman–Crippen MR) is 90.8 cm³/mol. The normalized spacial score (nSPS) is 19.9. The average Bonchev–Trinajstić information content (AvgIpc) is 2.92. The molecule has 0 saturated carbocycles. The van der Waals surface area contributed by atoms with Crippen LogP contribution in [0, 0.1) is 13.8 Å². The van der Waals surface area contributed by atoms with Crippen molar-refractivity contribution in [1.29, 1.82) is 0 Å². The van der Waals surface area contributed by atoms with Gasteiger partial charge in [0.05, 0.1) is 18.0 Å². The van der Waals surface area contributed by atoms with E-state index in [0.717, 1.165) is 41.4 Å². The molecule has 3 heterocycles. The molecule has 0 aromatic carbocycles.